The van der Waals surface area contributed by atoms with Crippen LogP contribution in [-0.2, 0) is 23.7 Å². The van der Waals surface area contributed by atoms with Crippen molar-refractivity contribution in [1.82, 2.24) is 4.90 Å². The van der Waals surface area contributed by atoms with Gasteiger partial charge in [0.2, 0.25) is 5.91 Å². The van der Waals surface area contributed by atoms with Crippen LogP contribution in [0.2, 0.25) is 0 Å². The van der Waals surface area contributed by atoms with Crippen molar-refractivity contribution < 1.29 is 28.8 Å². The lowest BCUT2D eigenvalue weighted by molar-refractivity contribution is -0.141. The molecular weight excluding hydrogens is 458 g/mol. The Morgan fingerprint density at radius 1 is 1.22 bits per heavy atom. The SMILES string of the molecule is CO[C@H]([C@@H](C)[C@H]1O[C@]1(C)C[C@H](C)/C=C/C=C(\C)[C@H]1O[C@@H](CC(=O)N2CCOCC2)CC[C@@H]1C)[C@@H](C)O. The fourth-order valence-electron chi connectivity index (χ4n) is 6.16. The van der Waals surface area contributed by atoms with Gasteiger partial charge < -0.3 is 29.0 Å². The van der Waals surface area contributed by atoms with Crippen molar-refractivity contribution in [3.8, 4) is 0 Å². The van der Waals surface area contributed by atoms with Crippen LogP contribution in [0.25, 0.3) is 0 Å². The number of amides is 1. The minimum absolute atomic E-state index is 0.0174. The van der Waals surface area contributed by atoms with Gasteiger partial charge in [0.05, 0.1) is 55.8 Å². The Morgan fingerprint density at radius 2 is 1.92 bits per heavy atom. The number of hydrogen-bond donors (Lipinski definition) is 1. The molecule has 0 saturated carbocycles. The van der Waals surface area contributed by atoms with E-state index >= 15 is 0 Å². The summed E-state index contributed by atoms with van der Waals surface area (Å²) in [4.78, 5) is 14.6. The summed E-state index contributed by atoms with van der Waals surface area (Å²) in [6.45, 7) is 15.2. The smallest absolute Gasteiger partial charge is 0.225 e. The van der Waals surface area contributed by atoms with E-state index in [1.54, 1.807) is 14.0 Å². The molecule has 0 aromatic rings. The van der Waals surface area contributed by atoms with Crippen LogP contribution >= 0.6 is 0 Å². The molecule has 0 aromatic carbocycles. The molecule has 9 atom stereocenters. The number of ether oxygens (including phenoxy) is 4. The van der Waals surface area contributed by atoms with Crippen molar-refractivity contribution in [2.24, 2.45) is 17.8 Å². The molecule has 0 radical (unpaired) electrons. The summed E-state index contributed by atoms with van der Waals surface area (Å²) >= 11 is 0. The molecule has 0 spiro atoms. The van der Waals surface area contributed by atoms with Gasteiger partial charge in [-0.2, -0.15) is 0 Å². The zero-order chi connectivity index (χ0) is 26.5. The Morgan fingerprint density at radius 3 is 2.56 bits per heavy atom. The van der Waals surface area contributed by atoms with Crippen molar-refractivity contribution in [1.29, 1.82) is 0 Å². The highest BCUT2D eigenvalue weighted by Crippen LogP contribution is 2.47. The molecular formula is C29H49NO6. The highest BCUT2D eigenvalue weighted by Gasteiger charge is 2.56. The molecule has 0 unspecified atom stereocenters. The van der Waals surface area contributed by atoms with Gasteiger partial charge >= 0.3 is 0 Å². The van der Waals surface area contributed by atoms with Gasteiger partial charge in [0.25, 0.3) is 0 Å². The third kappa shape index (κ3) is 7.64. The third-order valence-electron chi connectivity index (χ3n) is 8.22. The zero-order valence-corrected chi connectivity index (χ0v) is 23.4. The van der Waals surface area contributed by atoms with Crippen LogP contribution in [0.5, 0.6) is 0 Å². The van der Waals surface area contributed by atoms with Gasteiger partial charge in [-0.3, -0.25) is 4.79 Å². The Kier molecular flexibility index (Phi) is 10.6. The lowest BCUT2D eigenvalue weighted by atomic mass is 9.85. The van der Waals surface area contributed by atoms with E-state index in [9.17, 15) is 9.90 Å². The third-order valence-corrected chi connectivity index (χ3v) is 8.22. The van der Waals surface area contributed by atoms with Crippen LogP contribution < -0.4 is 0 Å². The zero-order valence-electron chi connectivity index (χ0n) is 23.4. The summed E-state index contributed by atoms with van der Waals surface area (Å²) in [5, 5.41) is 9.99. The first kappa shape index (κ1) is 29.3. The number of carbonyl (C=O) groups is 1. The fourth-order valence-corrected chi connectivity index (χ4v) is 6.16. The summed E-state index contributed by atoms with van der Waals surface area (Å²) in [6.07, 6.45) is 9.29. The normalized spacial score (nSPS) is 34.9. The number of hydrogen-bond acceptors (Lipinski definition) is 6. The largest absolute Gasteiger partial charge is 0.391 e. The second-order valence-electron chi connectivity index (χ2n) is 11.6. The number of carbonyl (C=O) groups excluding carboxylic acids is 1. The van der Waals surface area contributed by atoms with E-state index in [4.69, 9.17) is 18.9 Å². The van der Waals surface area contributed by atoms with Crippen LogP contribution in [0.3, 0.4) is 0 Å². The summed E-state index contributed by atoms with van der Waals surface area (Å²) in [7, 11) is 1.65. The average molecular weight is 508 g/mol. The summed E-state index contributed by atoms with van der Waals surface area (Å²) in [6, 6.07) is 0. The Hall–Kier alpha value is -1.25. The van der Waals surface area contributed by atoms with Gasteiger partial charge in [-0.25, -0.2) is 0 Å². The summed E-state index contributed by atoms with van der Waals surface area (Å²) in [5.74, 6) is 1.10. The van der Waals surface area contributed by atoms with Gasteiger partial charge in [-0.05, 0) is 57.4 Å². The lowest BCUT2D eigenvalue weighted by Crippen LogP contribution is -2.43. The van der Waals surface area contributed by atoms with Crippen molar-refractivity contribution in [2.75, 3.05) is 33.4 Å². The number of aliphatic hydroxyl groups is 1. The molecule has 3 fully saturated rings. The monoisotopic (exact) mass is 507 g/mol. The second kappa shape index (κ2) is 13.0. The van der Waals surface area contributed by atoms with Crippen LogP contribution in [-0.4, -0.2) is 85.4 Å². The standard InChI is InChI=1S/C29H49NO6/c1-19(18-29(6)28(36-29)22(4)27(33-7)23(5)31)9-8-10-20(2)26-21(3)11-12-24(35-26)17-25(32)30-13-15-34-16-14-30/h8-10,19,21-24,26-28,31H,11-18H2,1-7H3/b9-8+,20-10+/t19-,21+,22-,23-,24-,26-,27-,28-,29-/m1/s1. The average Bonchev–Trinajstić information content (AvgIpc) is 3.51. The van der Waals surface area contributed by atoms with E-state index in [2.05, 4.69) is 52.8 Å². The first-order chi connectivity index (χ1) is 17.1. The van der Waals surface area contributed by atoms with Crippen LogP contribution in [0.4, 0.5) is 0 Å². The van der Waals surface area contributed by atoms with Crippen LogP contribution in [0.15, 0.2) is 23.8 Å². The van der Waals surface area contributed by atoms with E-state index in [0.29, 0.717) is 44.6 Å². The molecule has 7 heteroatoms. The second-order valence-corrected chi connectivity index (χ2v) is 11.6. The topological polar surface area (TPSA) is 80.8 Å². The van der Waals surface area contributed by atoms with Crippen molar-refractivity contribution >= 4 is 5.91 Å². The predicted octanol–water partition coefficient (Wildman–Crippen LogP) is 4.14. The van der Waals surface area contributed by atoms with Gasteiger partial charge in [0.15, 0.2) is 0 Å². The van der Waals surface area contributed by atoms with Crippen molar-refractivity contribution in [3.63, 3.8) is 0 Å². The molecule has 206 valence electrons. The fraction of sp³-hybridized carbons (Fsp3) is 0.828. The molecule has 36 heavy (non-hydrogen) atoms. The molecule has 3 rings (SSSR count). The predicted molar refractivity (Wildman–Crippen MR) is 141 cm³/mol. The number of rotatable bonds is 11. The minimum atomic E-state index is -0.523. The first-order valence-corrected chi connectivity index (χ1v) is 13.8. The van der Waals surface area contributed by atoms with Gasteiger partial charge in [0, 0.05) is 26.1 Å². The first-order valence-electron chi connectivity index (χ1n) is 13.8. The number of methoxy groups -OCH3 is 1. The molecule has 1 amide bonds. The minimum Gasteiger partial charge on any atom is -0.391 e. The quantitative estimate of drug-likeness (QED) is 0.334. The number of aliphatic hydroxyl groups excluding tert-OH is 1. The van der Waals surface area contributed by atoms with Crippen LogP contribution in [0, 0.1) is 17.8 Å². The summed E-state index contributed by atoms with van der Waals surface area (Å²) in [5.41, 5.74) is 1.02. The van der Waals surface area contributed by atoms with Crippen molar-refractivity contribution in [2.45, 2.75) is 103 Å². The van der Waals surface area contributed by atoms with Gasteiger partial charge in [-0.1, -0.05) is 39.0 Å². The Balaban J connectivity index is 1.49. The molecule has 3 aliphatic heterocycles. The molecule has 3 aliphatic rings. The molecule has 0 aromatic heterocycles. The van der Waals surface area contributed by atoms with Gasteiger partial charge in [0.1, 0.15) is 0 Å². The lowest BCUT2D eigenvalue weighted by Gasteiger charge is -2.36. The molecule has 7 nitrogen and oxygen atoms in total. The van der Waals surface area contributed by atoms with E-state index < -0.39 is 6.10 Å². The molecule has 0 aliphatic carbocycles. The Bertz CT molecular complexity index is 776. The number of epoxide rings is 1. The molecule has 3 heterocycles. The maximum absolute atomic E-state index is 12.7. The number of allylic oxidation sites excluding steroid dienone is 3. The molecule has 3 saturated heterocycles. The maximum atomic E-state index is 12.7. The molecule has 0 bridgehead atoms. The highest BCUT2D eigenvalue weighted by atomic mass is 16.6. The van der Waals surface area contributed by atoms with E-state index in [0.717, 1.165) is 19.3 Å². The van der Waals surface area contributed by atoms with Crippen LogP contribution in [0.1, 0.15) is 67.2 Å². The van der Waals surface area contributed by atoms with E-state index in [1.165, 1.54) is 5.57 Å². The highest BCUT2D eigenvalue weighted by molar-refractivity contribution is 5.76. The van der Waals surface area contributed by atoms with Gasteiger partial charge in [-0.15, -0.1) is 0 Å². The number of morpholine rings is 1. The summed E-state index contributed by atoms with van der Waals surface area (Å²) < 4.78 is 23.4. The van der Waals surface area contributed by atoms with Crippen molar-refractivity contribution in [3.05, 3.63) is 23.8 Å². The maximum Gasteiger partial charge on any atom is 0.225 e. The van der Waals surface area contributed by atoms with E-state index in [-0.39, 0.29) is 41.8 Å². The number of nitrogens with zero attached hydrogens (tertiary/aromatic N) is 1. The van der Waals surface area contributed by atoms with E-state index in [1.807, 2.05) is 4.90 Å². The molecule has 1 N–H and O–H groups in total. The Labute approximate surface area is 218 Å².